The van der Waals surface area contributed by atoms with Crippen molar-refractivity contribution in [1.29, 1.82) is 0 Å². The van der Waals surface area contributed by atoms with Crippen LogP contribution in [0.2, 0.25) is 0 Å². The summed E-state index contributed by atoms with van der Waals surface area (Å²) in [4.78, 5) is 12.0. The Morgan fingerprint density at radius 1 is 0.885 bits per heavy atom. The number of ether oxygens (including phenoxy) is 2. The van der Waals surface area contributed by atoms with Gasteiger partial charge in [-0.25, -0.2) is 5.43 Å². The predicted molar refractivity (Wildman–Crippen MR) is 105 cm³/mol. The molecular formula is C21H32N2O3. The van der Waals surface area contributed by atoms with Crippen molar-refractivity contribution in [3.05, 3.63) is 24.3 Å². The van der Waals surface area contributed by atoms with Gasteiger partial charge in [0.25, 0.3) is 5.91 Å². The van der Waals surface area contributed by atoms with E-state index in [4.69, 9.17) is 9.47 Å². The quantitative estimate of drug-likeness (QED) is 0.764. The molecule has 1 aliphatic carbocycles. The molecule has 0 saturated heterocycles. The van der Waals surface area contributed by atoms with Gasteiger partial charge in [-0.15, -0.1) is 0 Å². The van der Waals surface area contributed by atoms with Gasteiger partial charge in [0.15, 0.2) is 6.61 Å². The number of amides is 1. The first kappa shape index (κ1) is 20.3. The summed E-state index contributed by atoms with van der Waals surface area (Å²) in [5.41, 5.74) is 3.77. The van der Waals surface area contributed by atoms with E-state index >= 15 is 0 Å². The molecule has 0 radical (unpaired) electrons. The molecule has 0 atom stereocenters. The van der Waals surface area contributed by atoms with Gasteiger partial charge in [-0.2, -0.15) is 5.10 Å². The average Bonchev–Trinajstić information content (AvgIpc) is 2.66. The summed E-state index contributed by atoms with van der Waals surface area (Å²) >= 11 is 0. The normalized spacial score (nSPS) is 16.7. The molecule has 26 heavy (non-hydrogen) atoms. The fraction of sp³-hybridized carbons (Fsp3) is 0.619. The van der Waals surface area contributed by atoms with Gasteiger partial charge in [0.05, 0.1) is 7.11 Å². The molecule has 0 aliphatic heterocycles. The third kappa shape index (κ3) is 8.37. The maximum absolute atomic E-state index is 12.0. The van der Waals surface area contributed by atoms with Crippen LogP contribution in [-0.2, 0) is 4.79 Å². The maximum Gasteiger partial charge on any atom is 0.277 e. The summed E-state index contributed by atoms with van der Waals surface area (Å²) in [6.45, 7) is -0.0386. The predicted octanol–water partition coefficient (Wildman–Crippen LogP) is 4.85. The van der Waals surface area contributed by atoms with E-state index in [1.165, 1.54) is 44.9 Å². The van der Waals surface area contributed by atoms with Crippen molar-refractivity contribution in [3.8, 4) is 11.5 Å². The second kappa shape index (κ2) is 12.3. The molecule has 1 aliphatic rings. The molecule has 144 valence electrons. The van der Waals surface area contributed by atoms with Crippen LogP contribution < -0.4 is 14.9 Å². The van der Waals surface area contributed by atoms with E-state index in [2.05, 4.69) is 10.5 Å². The summed E-state index contributed by atoms with van der Waals surface area (Å²) in [6.07, 6.45) is 13.5. The van der Waals surface area contributed by atoms with Crippen LogP contribution in [0, 0.1) is 0 Å². The highest BCUT2D eigenvalue weighted by atomic mass is 16.5. The summed E-state index contributed by atoms with van der Waals surface area (Å²) < 4.78 is 10.6. The summed E-state index contributed by atoms with van der Waals surface area (Å²) in [6, 6.07) is 7.17. The van der Waals surface area contributed by atoms with Crippen LogP contribution in [0.25, 0.3) is 0 Å². The molecule has 1 aromatic carbocycles. The van der Waals surface area contributed by atoms with Crippen molar-refractivity contribution < 1.29 is 14.3 Å². The largest absolute Gasteiger partial charge is 0.497 e. The summed E-state index contributed by atoms with van der Waals surface area (Å²) in [5, 5.41) is 4.37. The zero-order chi connectivity index (χ0) is 18.5. The summed E-state index contributed by atoms with van der Waals surface area (Å²) in [7, 11) is 1.62. The molecule has 0 spiro atoms. The number of benzene rings is 1. The lowest BCUT2D eigenvalue weighted by Gasteiger charge is -2.10. The number of rotatable bonds is 5. The smallest absolute Gasteiger partial charge is 0.277 e. The lowest BCUT2D eigenvalue weighted by atomic mass is 10.00. The average molecular weight is 360 g/mol. The third-order valence-electron chi connectivity index (χ3n) is 4.70. The molecule has 2 rings (SSSR count). The van der Waals surface area contributed by atoms with Gasteiger partial charge in [-0.05, 0) is 49.9 Å². The van der Waals surface area contributed by atoms with E-state index in [0.29, 0.717) is 5.75 Å². The van der Waals surface area contributed by atoms with Crippen LogP contribution in [0.5, 0.6) is 11.5 Å². The number of methoxy groups -OCH3 is 1. The molecule has 1 amide bonds. The molecule has 1 aromatic rings. The van der Waals surface area contributed by atoms with Gasteiger partial charge in [0, 0.05) is 5.71 Å². The number of carbonyl (C=O) groups is 1. The standard InChI is InChI=1S/C21H32N2O3/c1-25-19-13-15-20(16-14-19)26-17-21(24)23-22-18-11-9-7-5-3-2-4-6-8-10-12-18/h13-16H,2-12,17H2,1H3,(H,23,24). The van der Waals surface area contributed by atoms with Crippen LogP contribution in [0.4, 0.5) is 0 Å². The van der Waals surface area contributed by atoms with Crippen LogP contribution in [0.3, 0.4) is 0 Å². The Hall–Kier alpha value is -2.04. The van der Waals surface area contributed by atoms with E-state index in [-0.39, 0.29) is 12.5 Å². The first-order valence-corrected chi connectivity index (χ1v) is 9.89. The molecule has 0 heterocycles. The van der Waals surface area contributed by atoms with Gasteiger partial charge in [0.1, 0.15) is 11.5 Å². The van der Waals surface area contributed by atoms with Crippen molar-refractivity contribution in [3.63, 3.8) is 0 Å². The lowest BCUT2D eigenvalue weighted by molar-refractivity contribution is -0.123. The molecule has 0 unspecified atom stereocenters. The van der Waals surface area contributed by atoms with Crippen molar-refractivity contribution in [2.24, 2.45) is 5.10 Å². The van der Waals surface area contributed by atoms with Crippen LogP contribution in [0.1, 0.15) is 70.6 Å². The molecule has 5 heteroatoms. The van der Waals surface area contributed by atoms with Crippen LogP contribution in [-0.4, -0.2) is 25.3 Å². The Morgan fingerprint density at radius 2 is 1.38 bits per heavy atom. The number of nitrogens with zero attached hydrogens (tertiary/aromatic N) is 1. The molecule has 1 N–H and O–H groups in total. The van der Waals surface area contributed by atoms with Gasteiger partial charge >= 0.3 is 0 Å². The number of nitrogens with one attached hydrogen (secondary N) is 1. The summed E-state index contributed by atoms with van der Waals surface area (Å²) in [5.74, 6) is 1.18. The fourth-order valence-corrected chi connectivity index (χ4v) is 3.13. The van der Waals surface area contributed by atoms with Crippen LogP contribution >= 0.6 is 0 Å². The van der Waals surface area contributed by atoms with Gasteiger partial charge in [0.2, 0.25) is 0 Å². The monoisotopic (exact) mass is 360 g/mol. The molecule has 0 aromatic heterocycles. The SMILES string of the molecule is COc1ccc(OCC(=O)NN=C2CCCCCCCCCCC2)cc1. The van der Waals surface area contributed by atoms with E-state index in [0.717, 1.165) is 37.1 Å². The van der Waals surface area contributed by atoms with Crippen molar-refractivity contribution in [2.75, 3.05) is 13.7 Å². The highest BCUT2D eigenvalue weighted by Crippen LogP contribution is 2.17. The number of hydrogen-bond acceptors (Lipinski definition) is 4. The minimum atomic E-state index is -0.223. The second-order valence-corrected chi connectivity index (χ2v) is 6.86. The minimum absolute atomic E-state index is 0.0386. The molecule has 5 nitrogen and oxygen atoms in total. The van der Waals surface area contributed by atoms with Crippen molar-refractivity contribution >= 4 is 11.6 Å². The molecule has 0 bridgehead atoms. The second-order valence-electron chi connectivity index (χ2n) is 6.86. The van der Waals surface area contributed by atoms with Crippen molar-refractivity contribution in [1.82, 2.24) is 5.43 Å². The van der Waals surface area contributed by atoms with E-state index < -0.39 is 0 Å². The minimum Gasteiger partial charge on any atom is -0.497 e. The van der Waals surface area contributed by atoms with Gasteiger partial charge in [-0.1, -0.05) is 44.9 Å². The lowest BCUT2D eigenvalue weighted by Crippen LogP contribution is -2.25. The number of carbonyl (C=O) groups excluding carboxylic acids is 1. The Kier molecular flexibility index (Phi) is 9.62. The van der Waals surface area contributed by atoms with Gasteiger partial charge < -0.3 is 9.47 Å². The Morgan fingerprint density at radius 3 is 1.92 bits per heavy atom. The third-order valence-corrected chi connectivity index (χ3v) is 4.70. The van der Waals surface area contributed by atoms with Crippen molar-refractivity contribution in [2.45, 2.75) is 70.6 Å². The zero-order valence-electron chi connectivity index (χ0n) is 16.0. The van der Waals surface area contributed by atoms with E-state index in [1.54, 1.807) is 31.4 Å². The fourth-order valence-electron chi connectivity index (χ4n) is 3.13. The zero-order valence-corrected chi connectivity index (χ0v) is 16.0. The molecule has 1 saturated carbocycles. The Labute approximate surface area is 157 Å². The highest BCUT2D eigenvalue weighted by molar-refractivity contribution is 5.86. The molecule has 1 fully saturated rings. The van der Waals surface area contributed by atoms with Crippen LogP contribution in [0.15, 0.2) is 29.4 Å². The topological polar surface area (TPSA) is 59.9 Å². The first-order valence-electron chi connectivity index (χ1n) is 9.89. The first-order chi connectivity index (χ1) is 12.8. The van der Waals surface area contributed by atoms with E-state index in [1.807, 2.05) is 0 Å². The number of hydrogen-bond donors (Lipinski definition) is 1. The highest BCUT2D eigenvalue weighted by Gasteiger charge is 2.06. The number of hydrazone groups is 1. The maximum atomic E-state index is 12.0. The molecular weight excluding hydrogens is 328 g/mol. The van der Waals surface area contributed by atoms with Gasteiger partial charge in [-0.3, -0.25) is 4.79 Å². The Balaban J connectivity index is 1.75. The Bertz CT molecular complexity index is 541. The van der Waals surface area contributed by atoms with E-state index in [9.17, 15) is 4.79 Å².